The lowest BCUT2D eigenvalue weighted by Crippen LogP contribution is -2.34. The lowest BCUT2D eigenvalue weighted by Gasteiger charge is -2.20. The molecule has 7 heteroatoms. The molecule has 1 amide bonds. The van der Waals surface area contributed by atoms with E-state index >= 15 is 0 Å². The minimum Gasteiger partial charge on any atom is -0.497 e. The number of esters is 1. The molecular formula is C18H20N2O5. The molecule has 0 radical (unpaired) electrons. The van der Waals surface area contributed by atoms with Gasteiger partial charge in [0.1, 0.15) is 12.0 Å². The first-order valence-corrected chi connectivity index (χ1v) is 8.06. The number of hydrogen-bond acceptors (Lipinski definition) is 6. The second-order valence-corrected chi connectivity index (χ2v) is 5.90. The molecule has 0 bridgehead atoms. The van der Waals surface area contributed by atoms with Crippen molar-refractivity contribution in [2.24, 2.45) is 0 Å². The zero-order valence-corrected chi connectivity index (χ0v) is 14.2. The quantitative estimate of drug-likeness (QED) is 0.716. The first kappa shape index (κ1) is 17.0. The van der Waals surface area contributed by atoms with Gasteiger partial charge in [-0.15, -0.1) is 0 Å². The monoisotopic (exact) mass is 344 g/mol. The predicted molar refractivity (Wildman–Crippen MR) is 88.1 cm³/mol. The molecule has 2 aromatic rings. The van der Waals surface area contributed by atoms with E-state index in [1.807, 2.05) is 24.3 Å². The molecule has 7 nitrogen and oxygen atoms in total. The lowest BCUT2D eigenvalue weighted by atomic mass is 10.1. The van der Waals surface area contributed by atoms with Crippen LogP contribution in [0.5, 0.6) is 5.75 Å². The molecule has 1 fully saturated rings. The summed E-state index contributed by atoms with van der Waals surface area (Å²) in [6.45, 7) is 0.247. The minimum atomic E-state index is -0.558. The number of methoxy groups -OCH3 is 2. The van der Waals surface area contributed by atoms with Gasteiger partial charge in [-0.05, 0) is 30.5 Å². The second kappa shape index (κ2) is 7.38. The van der Waals surface area contributed by atoms with E-state index in [0.29, 0.717) is 12.3 Å². The Balaban J connectivity index is 1.66. The average Bonchev–Trinajstić information content (AvgIpc) is 3.37. The fraction of sp³-hybridized carbons (Fsp3) is 0.389. The van der Waals surface area contributed by atoms with E-state index in [0.717, 1.165) is 24.2 Å². The number of amides is 1. The summed E-state index contributed by atoms with van der Waals surface area (Å²) in [6, 6.07) is 7.63. The molecule has 1 heterocycles. The van der Waals surface area contributed by atoms with Gasteiger partial charge in [0.2, 0.25) is 11.8 Å². The molecule has 25 heavy (non-hydrogen) atoms. The van der Waals surface area contributed by atoms with Crippen LogP contribution >= 0.6 is 0 Å². The number of carbonyl (C=O) groups excluding carboxylic acids is 2. The molecule has 1 aliphatic rings. The zero-order chi connectivity index (χ0) is 17.8. The normalized spacial score (nSPS) is 13.4. The van der Waals surface area contributed by atoms with Crippen LogP contribution in [0.4, 0.5) is 0 Å². The summed E-state index contributed by atoms with van der Waals surface area (Å²) in [5, 5.41) is 0. The van der Waals surface area contributed by atoms with Crippen molar-refractivity contribution in [2.75, 3.05) is 14.2 Å². The predicted octanol–water partition coefficient (Wildman–Crippen LogP) is 2.20. The van der Waals surface area contributed by atoms with Crippen LogP contribution in [0.2, 0.25) is 0 Å². The topological polar surface area (TPSA) is 81.9 Å². The van der Waals surface area contributed by atoms with Crippen molar-refractivity contribution in [2.45, 2.75) is 31.8 Å². The van der Waals surface area contributed by atoms with Gasteiger partial charge in [0.15, 0.2) is 5.69 Å². The number of aromatic nitrogens is 1. The van der Waals surface area contributed by atoms with Gasteiger partial charge in [-0.1, -0.05) is 12.1 Å². The third-order valence-corrected chi connectivity index (χ3v) is 4.07. The third-order valence-electron chi connectivity index (χ3n) is 4.07. The number of oxazole rings is 1. The summed E-state index contributed by atoms with van der Waals surface area (Å²) in [5.41, 5.74) is 1.02. The third kappa shape index (κ3) is 4.17. The maximum Gasteiger partial charge on any atom is 0.360 e. The van der Waals surface area contributed by atoms with Crippen molar-refractivity contribution in [3.05, 3.63) is 47.7 Å². The van der Waals surface area contributed by atoms with Crippen LogP contribution in [-0.2, 0) is 22.5 Å². The molecule has 132 valence electrons. The highest BCUT2D eigenvalue weighted by Crippen LogP contribution is 2.29. The van der Waals surface area contributed by atoms with E-state index in [4.69, 9.17) is 9.15 Å². The summed E-state index contributed by atoms with van der Waals surface area (Å²) in [4.78, 5) is 30.0. The van der Waals surface area contributed by atoms with Gasteiger partial charge >= 0.3 is 5.97 Å². The molecule has 0 saturated heterocycles. The molecule has 1 aliphatic carbocycles. The first-order chi connectivity index (χ1) is 12.1. The summed E-state index contributed by atoms with van der Waals surface area (Å²) < 4.78 is 15.0. The Morgan fingerprint density at radius 2 is 1.96 bits per heavy atom. The number of carbonyl (C=O) groups is 2. The molecule has 0 N–H and O–H groups in total. The standard InChI is InChI=1S/C18H20N2O5/c1-23-14-7-3-12(4-8-14)9-17(21)20(13-5-6-13)10-16-19-15(11-25-16)18(22)24-2/h3-4,7-8,11,13H,5-6,9-10H2,1-2H3. The van der Waals surface area contributed by atoms with Crippen LogP contribution in [-0.4, -0.2) is 42.0 Å². The highest BCUT2D eigenvalue weighted by Gasteiger charge is 2.33. The van der Waals surface area contributed by atoms with Gasteiger partial charge < -0.3 is 18.8 Å². The van der Waals surface area contributed by atoms with Gasteiger partial charge in [-0.2, -0.15) is 0 Å². The van der Waals surface area contributed by atoms with Crippen LogP contribution in [0.3, 0.4) is 0 Å². The Hall–Kier alpha value is -2.83. The first-order valence-electron chi connectivity index (χ1n) is 8.06. The number of rotatable bonds is 7. The van der Waals surface area contributed by atoms with E-state index < -0.39 is 5.97 Å². The Morgan fingerprint density at radius 3 is 2.56 bits per heavy atom. The van der Waals surface area contributed by atoms with Crippen molar-refractivity contribution in [1.82, 2.24) is 9.88 Å². The number of benzene rings is 1. The average molecular weight is 344 g/mol. The summed E-state index contributed by atoms with van der Waals surface area (Å²) in [6.07, 6.45) is 3.49. The van der Waals surface area contributed by atoms with Crippen molar-refractivity contribution >= 4 is 11.9 Å². The van der Waals surface area contributed by atoms with E-state index in [9.17, 15) is 9.59 Å². The van der Waals surface area contributed by atoms with E-state index in [1.54, 1.807) is 12.0 Å². The maximum absolute atomic E-state index is 12.7. The van der Waals surface area contributed by atoms with Crippen molar-refractivity contribution in [3.63, 3.8) is 0 Å². The van der Waals surface area contributed by atoms with Crippen LogP contribution in [0.25, 0.3) is 0 Å². The van der Waals surface area contributed by atoms with Gasteiger partial charge in [-0.25, -0.2) is 9.78 Å². The number of hydrogen-bond donors (Lipinski definition) is 0. The smallest absolute Gasteiger partial charge is 0.360 e. The van der Waals surface area contributed by atoms with Gasteiger partial charge in [-0.3, -0.25) is 4.79 Å². The van der Waals surface area contributed by atoms with Gasteiger partial charge in [0, 0.05) is 6.04 Å². The van der Waals surface area contributed by atoms with Gasteiger partial charge in [0.05, 0.1) is 27.2 Å². The molecule has 0 aliphatic heterocycles. The zero-order valence-electron chi connectivity index (χ0n) is 14.2. The van der Waals surface area contributed by atoms with Crippen LogP contribution in [0, 0.1) is 0 Å². The van der Waals surface area contributed by atoms with Crippen molar-refractivity contribution in [3.8, 4) is 5.75 Å². The Bertz CT molecular complexity index is 749. The van der Waals surface area contributed by atoms with E-state index in [-0.39, 0.29) is 24.2 Å². The fourth-order valence-electron chi connectivity index (χ4n) is 2.55. The number of nitrogens with zero attached hydrogens (tertiary/aromatic N) is 2. The molecule has 1 saturated carbocycles. The van der Waals surface area contributed by atoms with Gasteiger partial charge in [0.25, 0.3) is 0 Å². The summed E-state index contributed by atoms with van der Waals surface area (Å²) >= 11 is 0. The van der Waals surface area contributed by atoms with E-state index in [2.05, 4.69) is 9.72 Å². The minimum absolute atomic E-state index is 0.00508. The molecule has 1 aromatic carbocycles. The highest BCUT2D eigenvalue weighted by molar-refractivity contribution is 5.86. The van der Waals surface area contributed by atoms with Crippen molar-refractivity contribution in [1.29, 1.82) is 0 Å². The Labute approximate surface area is 145 Å². The van der Waals surface area contributed by atoms with Crippen molar-refractivity contribution < 1.29 is 23.5 Å². The lowest BCUT2D eigenvalue weighted by molar-refractivity contribution is -0.132. The fourth-order valence-corrected chi connectivity index (χ4v) is 2.55. The largest absolute Gasteiger partial charge is 0.497 e. The molecule has 3 rings (SSSR count). The second-order valence-electron chi connectivity index (χ2n) is 5.90. The van der Waals surface area contributed by atoms with Crippen LogP contribution < -0.4 is 4.74 Å². The molecule has 0 atom stereocenters. The SMILES string of the molecule is COC(=O)c1coc(CN(C(=O)Cc2ccc(OC)cc2)C2CC2)n1. The molecule has 0 spiro atoms. The number of ether oxygens (including phenoxy) is 2. The Morgan fingerprint density at radius 1 is 1.24 bits per heavy atom. The summed E-state index contributed by atoms with van der Waals surface area (Å²) in [7, 11) is 2.89. The van der Waals surface area contributed by atoms with E-state index in [1.165, 1.54) is 13.4 Å². The molecular weight excluding hydrogens is 324 g/mol. The maximum atomic E-state index is 12.7. The van der Waals surface area contributed by atoms with Crippen LogP contribution in [0.1, 0.15) is 34.8 Å². The molecule has 1 aromatic heterocycles. The van der Waals surface area contributed by atoms with Crippen LogP contribution in [0.15, 0.2) is 34.9 Å². The Kier molecular flexibility index (Phi) is 5.02. The summed E-state index contributed by atoms with van der Waals surface area (Å²) in [5.74, 6) is 0.531. The molecule has 0 unspecified atom stereocenters. The highest BCUT2D eigenvalue weighted by atomic mass is 16.5.